The van der Waals surface area contributed by atoms with Crippen LogP contribution < -0.4 is 15.2 Å². The molecule has 0 bridgehead atoms. The zero-order chi connectivity index (χ0) is 18.0. The molecule has 0 amide bonds. The molecule has 0 radical (unpaired) electrons. The van der Waals surface area contributed by atoms with Crippen molar-refractivity contribution < 1.29 is 9.84 Å². The second kappa shape index (κ2) is 7.25. The minimum Gasteiger partial charge on any atom is -0.495 e. The Labute approximate surface area is 147 Å². The van der Waals surface area contributed by atoms with Gasteiger partial charge in [-0.3, -0.25) is 19.2 Å². The van der Waals surface area contributed by atoms with Gasteiger partial charge in [-0.15, -0.1) is 0 Å². The maximum atomic E-state index is 12.8. The summed E-state index contributed by atoms with van der Waals surface area (Å²) < 4.78 is 7.19. The first-order chi connectivity index (χ1) is 12.1. The molecule has 0 atom stereocenters. The van der Waals surface area contributed by atoms with Crippen LogP contribution in [0.5, 0.6) is 5.75 Å². The van der Waals surface area contributed by atoms with E-state index in [1.165, 1.54) is 0 Å². The van der Waals surface area contributed by atoms with Crippen LogP contribution >= 0.6 is 0 Å². The standard InChI is InChI=1S/C18H24N4O3/c1-13-14(2)19-18-21(15-7-4-5-8-16(15)25-3)11-20(9-6-10-23)12-22(18)17(13)24/h4-5,7-8,23H,6,9-12H2,1-3H3. The Bertz CT molecular complexity index is 818. The number of aliphatic hydroxyl groups excluding tert-OH is 1. The van der Waals surface area contributed by atoms with Crippen LogP contribution in [0.1, 0.15) is 17.7 Å². The second-order valence-electron chi connectivity index (χ2n) is 6.21. The quantitative estimate of drug-likeness (QED) is 0.889. The molecule has 3 rings (SSSR count). The minimum atomic E-state index is -0.0314. The van der Waals surface area contributed by atoms with Crippen molar-refractivity contribution >= 4 is 11.6 Å². The lowest BCUT2D eigenvalue weighted by Gasteiger charge is -2.38. The maximum absolute atomic E-state index is 12.8. The summed E-state index contributed by atoms with van der Waals surface area (Å²) in [6, 6.07) is 7.70. The topological polar surface area (TPSA) is 70.8 Å². The lowest BCUT2D eigenvalue weighted by molar-refractivity contribution is 0.175. The minimum absolute atomic E-state index is 0.0314. The fraction of sp³-hybridized carbons (Fsp3) is 0.444. The summed E-state index contributed by atoms with van der Waals surface area (Å²) in [7, 11) is 1.63. The first kappa shape index (κ1) is 17.4. The Balaban J connectivity index is 2.13. The summed E-state index contributed by atoms with van der Waals surface area (Å²) in [5.41, 5.74) is 2.23. The van der Waals surface area contributed by atoms with Crippen molar-refractivity contribution in [2.45, 2.75) is 26.9 Å². The van der Waals surface area contributed by atoms with Gasteiger partial charge in [-0.05, 0) is 32.4 Å². The number of nitrogens with zero attached hydrogens (tertiary/aromatic N) is 4. The third kappa shape index (κ3) is 3.25. The second-order valence-corrected chi connectivity index (χ2v) is 6.21. The van der Waals surface area contributed by atoms with Crippen LogP contribution in [0.25, 0.3) is 0 Å². The molecule has 2 aromatic rings. The fourth-order valence-electron chi connectivity index (χ4n) is 3.06. The number of anilines is 2. The largest absolute Gasteiger partial charge is 0.495 e. The molecular formula is C18H24N4O3. The number of benzene rings is 1. The van der Waals surface area contributed by atoms with Gasteiger partial charge < -0.3 is 9.84 Å². The van der Waals surface area contributed by atoms with E-state index in [-0.39, 0.29) is 12.2 Å². The van der Waals surface area contributed by atoms with E-state index in [2.05, 4.69) is 9.88 Å². The Kier molecular flexibility index (Phi) is 5.06. The molecule has 7 heteroatoms. The van der Waals surface area contributed by atoms with E-state index in [1.807, 2.05) is 36.1 Å². The number of aryl methyl sites for hydroxylation is 1. The predicted molar refractivity (Wildman–Crippen MR) is 96.4 cm³/mol. The average molecular weight is 344 g/mol. The van der Waals surface area contributed by atoms with Gasteiger partial charge in [-0.25, -0.2) is 4.98 Å². The highest BCUT2D eigenvalue weighted by molar-refractivity contribution is 5.66. The first-order valence-electron chi connectivity index (χ1n) is 8.38. The fourth-order valence-corrected chi connectivity index (χ4v) is 3.06. The van der Waals surface area contributed by atoms with Crippen molar-refractivity contribution in [3.8, 4) is 5.75 Å². The Hall–Kier alpha value is -2.38. The van der Waals surface area contributed by atoms with E-state index in [9.17, 15) is 4.79 Å². The highest BCUT2D eigenvalue weighted by Gasteiger charge is 2.28. The number of ether oxygens (including phenoxy) is 1. The lowest BCUT2D eigenvalue weighted by Crippen LogP contribution is -2.48. The van der Waals surface area contributed by atoms with Crippen LogP contribution in [-0.2, 0) is 6.67 Å². The summed E-state index contributed by atoms with van der Waals surface area (Å²) in [6.45, 7) is 5.52. The monoisotopic (exact) mass is 344 g/mol. The molecule has 0 saturated heterocycles. The van der Waals surface area contributed by atoms with Crippen LogP contribution in [0.2, 0.25) is 0 Å². The van der Waals surface area contributed by atoms with Crippen molar-refractivity contribution in [3.63, 3.8) is 0 Å². The van der Waals surface area contributed by atoms with Crippen LogP contribution in [0.4, 0.5) is 11.6 Å². The van der Waals surface area contributed by atoms with Crippen molar-refractivity contribution in [3.05, 3.63) is 45.9 Å². The number of methoxy groups -OCH3 is 1. The molecule has 0 saturated carbocycles. The zero-order valence-electron chi connectivity index (χ0n) is 14.9. The highest BCUT2D eigenvalue weighted by Crippen LogP contribution is 2.34. The summed E-state index contributed by atoms with van der Waals surface area (Å²) >= 11 is 0. The Morgan fingerprint density at radius 2 is 2.00 bits per heavy atom. The third-order valence-corrected chi connectivity index (χ3v) is 4.55. The van der Waals surface area contributed by atoms with Gasteiger partial charge in [0, 0.05) is 24.4 Å². The summed E-state index contributed by atoms with van der Waals surface area (Å²) in [5.74, 6) is 1.35. The smallest absolute Gasteiger partial charge is 0.259 e. The Morgan fingerprint density at radius 1 is 1.24 bits per heavy atom. The molecule has 0 aliphatic carbocycles. The molecule has 134 valence electrons. The van der Waals surface area contributed by atoms with Gasteiger partial charge in [-0.2, -0.15) is 0 Å². The maximum Gasteiger partial charge on any atom is 0.259 e. The van der Waals surface area contributed by atoms with E-state index in [4.69, 9.17) is 9.84 Å². The van der Waals surface area contributed by atoms with E-state index < -0.39 is 0 Å². The van der Waals surface area contributed by atoms with Crippen LogP contribution in [0.3, 0.4) is 0 Å². The molecule has 1 aliphatic rings. The molecule has 25 heavy (non-hydrogen) atoms. The third-order valence-electron chi connectivity index (χ3n) is 4.55. The number of aromatic nitrogens is 2. The molecular weight excluding hydrogens is 320 g/mol. The van der Waals surface area contributed by atoms with Gasteiger partial charge >= 0.3 is 0 Å². The van der Waals surface area contributed by atoms with Gasteiger partial charge in [0.05, 0.1) is 26.1 Å². The van der Waals surface area contributed by atoms with Crippen molar-refractivity contribution in [2.24, 2.45) is 0 Å². The van der Waals surface area contributed by atoms with E-state index in [1.54, 1.807) is 18.6 Å². The number of hydrogen-bond acceptors (Lipinski definition) is 6. The molecule has 2 heterocycles. The summed E-state index contributed by atoms with van der Waals surface area (Å²) in [4.78, 5) is 21.6. The zero-order valence-corrected chi connectivity index (χ0v) is 14.9. The van der Waals surface area contributed by atoms with Gasteiger partial charge in [0.25, 0.3) is 5.56 Å². The number of rotatable bonds is 5. The van der Waals surface area contributed by atoms with Gasteiger partial charge in [0.2, 0.25) is 5.95 Å². The molecule has 7 nitrogen and oxygen atoms in total. The summed E-state index contributed by atoms with van der Waals surface area (Å²) in [5, 5.41) is 9.15. The average Bonchev–Trinajstić information content (AvgIpc) is 2.64. The molecule has 1 N–H and O–H groups in total. The number of aliphatic hydroxyl groups is 1. The number of para-hydroxylation sites is 2. The number of hydrogen-bond donors (Lipinski definition) is 1. The van der Waals surface area contributed by atoms with E-state index >= 15 is 0 Å². The molecule has 0 unspecified atom stereocenters. The van der Waals surface area contributed by atoms with Crippen LogP contribution in [-0.4, -0.2) is 46.5 Å². The van der Waals surface area contributed by atoms with Gasteiger partial charge in [0.1, 0.15) is 5.75 Å². The molecule has 1 aromatic carbocycles. The van der Waals surface area contributed by atoms with Gasteiger partial charge in [0.15, 0.2) is 0 Å². The predicted octanol–water partition coefficient (Wildman–Crippen LogP) is 1.62. The highest BCUT2D eigenvalue weighted by atomic mass is 16.5. The van der Waals surface area contributed by atoms with Crippen molar-refractivity contribution in [1.82, 2.24) is 14.5 Å². The van der Waals surface area contributed by atoms with Crippen molar-refractivity contribution in [2.75, 3.05) is 31.8 Å². The van der Waals surface area contributed by atoms with Crippen molar-refractivity contribution in [1.29, 1.82) is 0 Å². The number of fused-ring (bicyclic) bond motifs is 1. The molecule has 0 spiro atoms. The normalized spacial score (nSPS) is 14.5. The van der Waals surface area contributed by atoms with E-state index in [0.29, 0.717) is 37.8 Å². The molecule has 1 aromatic heterocycles. The summed E-state index contributed by atoms with van der Waals surface area (Å²) in [6.07, 6.45) is 0.655. The SMILES string of the molecule is COc1ccccc1N1CN(CCCO)Cn2c1nc(C)c(C)c2=O. The molecule has 0 fully saturated rings. The van der Waals surface area contributed by atoms with Crippen LogP contribution in [0, 0.1) is 13.8 Å². The van der Waals surface area contributed by atoms with Crippen LogP contribution in [0.15, 0.2) is 29.1 Å². The molecule has 1 aliphatic heterocycles. The lowest BCUT2D eigenvalue weighted by atomic mass is 10.2. The van der Waals surface area contributed by atoms with E-state index in [0.717, 1.165) is 17.1 Å². The Morgan fingerprint density at radius 3 is 2.72 bits per heavy atom. The first-order valence-corrected chi connectivity index (χ1v) is 8.38. The van der Waals surface area contributed by atoms with Gasteiger partial charge in [-0.1, -0.05) is 12.1 Å².